The number of rotatable bonds is 9. The molecule has 4 heteroatoms. The molecule has 3 aliphatic rings. The molecule has 0 radical (unpaired) electrons. The van der Waals surface area contributed by atoms with Crippen molar-refractivity contribution in [2.24, 2.45) is 0 Å². The molecule has 0 aromatic heterocycles. The zero-order valence-corrected chi connectivity index (χ0v) is 47.6. The first-order valence-corrected chi connectivity index (χ1v) is 29.3. The number of fused-ring (bicyclic) bond motifs is 9. The van der Waals surface area contributed by atoms with Gasteiger partial charge in [0.2, 0.25) is 0 Å². The van der Waals surface area contributed by atoms with Crippen LogP contribution in [0.5, 0.6) is 0 Å². The summed E-state index contributed by atoms with van der Waals surface area (Å²) in [4.78, 5) is 2.43. The molecular formula is C75H48Br3N. The van der Waals surface area contributed by atoms with E-state index in [0.717, 1.165) is 30.5 Å². The van der Waals surface area contributed by atoms with E-state index in [1.165, 1.54) is 100 Å². The summed E-state index contributed by atoms with van der Waals surface area (Å²) in [5, 5.41) is 0. The molecule has 1 nitrogen and oxygen atoms in total. The summed E-state index contributed by atoms with van der Waals surface area (Å²) >= 11 is 11.7. The second-order valence-electron chi connectivity index (χ2n) is 21.0. The van der Waals surface area contributed by atoms with Gasteiger partial charge in [-0.05, 0) is 173 Å². The maximum atomic E-state index is 3.90. The smallest absolute Gasteiger partial charge is 0.0713 e. The van der Waals surface area contributed by atoms with Gasteiger partial charge in [-0.2, -0.15) is 0 Å². The van der Waals surface area contributed by atoms with E-state index in [-0.39, 0.29) is 0 Å². The summed E-state index contributed by atoms with van der Waals surface area (Å²) in [5.74, 6) is 0. The van der Waals surface area contributed by atoms with Gasteiger partial charge in [0.05, 0.1) is 16.2 Å². The first-order chi connectivity index (χ1) is 38.9. The third kappa shape index (κ3) is 7.04. The number of halogens is 3. The van der Waals surface area contributed by atoms with E-state index in [4.69, 9.17) is 0 Å². The number of hydrogen-bond acceptors (Lipinski definition) is 1. The van der Waals surface area contributed by atoms with Crippen molar-refractivity contribution in [3.8, 4) is 33.4 Å². The monoisotopic (exact) mass is 1200 g/mol. The summed E-state index contributed by atoms with van der Waals surface area (Å²) in [6.45, 7) is 0. The van der Waals surface area contributed by atoms with Crippen LogP contribution in [0.25, 0.3) is 33.4 Å². The Kier molecular flexibility index (Phi) is 11.4. The van der Waals surface area contributed by atoms with Crippen molar-refractivity contribution in [3.05, 3.63) is 371 Å². The van der Waals surface area contributed by atoms with E-state index in [1.807, 2.05) is 0 Å². The maximum Gasteiger partial charge on any atom is 0.0713 e. The lowest BCUT2D eigenvalue weighted by atomic mass is 9.67. The van der Waals surface area contributed by atoms with Crippen LogP contribution in [0.1, 0.15) is 66.8 Å². The second kappa shape index (κ2) is 18.8. The molecular weight excluding hydrogens is 1150 g/mol. The fraction of sp³-hybridized carbons (Fsp3) is 0.0400. The highest BCUT2D eigenvalue weighted by atomic mass is 79.9. The van der Waals surface area contributed by atoms with Crippen molar-refractivity contribution in [2.45, 2.75) is 16.2 Å². The van der Waals surface area contributed by atoms with Gasteiger partial charge in [0.15, 0.2) is 0 Å². The molecule has 3 unspecified atom stereocenters. The number of benzene rings is 12. The van der Waals surface area contributed by atoms with Gasteiger partial charge in [0.25, 0.3) is 0 Å². The Morgan fingerprint density at radius 2 is 0.430 bits per heavy atom. The highest BCUT2D eigenvalue weighted by Gasteiger charge is 2.49. The van der Waals surface area contributed by atoms with Crippen LogP contribution < -0.4 is 4.90 Å². The molecule has 0 N–H and O–H groups in total. The van der Waals surface area contributed by atoms with Gasteiger partial charge in [0.1, 0.15) is 0 Å². The van der Waals surface area contributed by atoms with Gasteiger partial charge < -0.3 is 4.90 Å². The van der Waals surface area contributed by atoms with Gasteiger partial charge in [-0.3, -0.25) is 0 Å². The molecule has 0 saturated heterocycles. The normalized spacial score (nSPS) is 18.0. The summed E-state index contributed by atoms with van der Waals surface area (Å²) < 4.78 is 3.18. The summed E-state index contributed by atoms with van der Waals surface area (Å²) in [6.07, 6.45) is 0. The van der Waals surface area contributed by atoms with Gasteiger partial charge in [0, 0.05) is 30.5 Å². The van der Waals surface area contributed by atoms with Crippen LogP contribution in [-0.2, 0) is 16.2 Å². The van der Waals surface area contributed by atoms with Gasteiger partial charge in [-0.25, -0.2) is 0 Å². The van der Waals surface area contributed by atoms with E-state index in [1.54, 1.807) is 0 Å². The Labute approximate surface area is 486 Å². The zero-order valence-electron chi connectivity index (χ0n) is 42.8. The Hall–Kier alpha value is -8.12. The van der Waals surface area contributed by atoms with Gasteiger partial charge >= 0.3 is 0 Å². The predicted octanol–water partition coefficient (Wildman–Crippen LogP) is 20.5. The third-order valence-corrected chi connectivity index (χ3v) is 18.8. The van der Waals surface area contributed by atoms with E-state index >= 15 is 0 Å². The highest BCUT2D eigenvalue weighted by molar-refractivity contribution is 9.11. The lowest BCUT2D eigenvalue weighted by Gasteiger charge is -2.36. The second-order valence-corrected chi connectivity index (χ2v) is 23.8. The average Bonchev–Trinajstić information content (AvgIpc) is 4.19. The van der Waals surface area contributed by atoms with Crippen LogP contribution in [-0.4, -0.2) is 0 Å². The van der Waals surface area contributed by atoms with Crippen LogP contribution in [0.2, 0.25) is 0 Å². The first-order valence-electron chi connectivity index (χ1n) is 26.9. The number of hydrogen-bond donors (Lipinski definition) is 0. The molecule has 0 amide bonds. The quantitative estimate of drug-likeness (QED) is 0.139. The van der Waals surface area contributed by atoms with Gasteiger partial charge in [-0.15, -0.1) is 0 Å². The van der Waals surface area contributed by atoms with Crippen LogP contribution in [0.4, 0.5) is 17.1 Å². The molecule has 374 valence electrons. The molecule has 0 heterocycles. The van der Waals surface area contributed by atoms with Crippen LogP contribution in [0.3, 0.4) is 0 Å². The van der Waals surface area contributed by atoms with Crippen LogP contribution in [0.15, 0.2) is 305 Å². The lowest BCUT2D eigenvalue weighted by Crippen LogP contribution is -2.29. The minimum atomic E-state index is -0.549. The molecule has 3 atom stereocenters. The van der Waals surface area contributed by atoms with Crippen molar-refractivity contribution < 1.29 is 0 Å². The maximum absolute atomic E-state index is 3.90. The van der Waals surface area contributed by atoms with E-state index < -0.39 is 16.2 Å². The molecule has 0 spiro atoms. The molecule has 12 aromatic rings. The number of anilines is 3. The minimum absolute atomic E-state index is 0.549. The third-order valence-electron chi connectivity index (χ3n) is 17.3. The average molecular weight is 1200 g/mol. The topological polar surface area (TPSA) is 3.24 Å². The Bertz CT molecular complexity index is 3880. The summed E-state index contributed by atoms with van der Waals surface area (Å²) in [5.41, 5.74) is 24.1. The van der Waals surface area contributed by atoms with Crippen molar-refractivity contribution in [1.29, 1.82) is 0 Å². The van der Waals surface area contributed by atoms with Crippen molar-refractivity contribution in [2.75, 3.05) is 4.90 Å². The SMILES string of the molecule is Brc1ccc2c(c1)C(c1ccccc1)(c1ccc(N(c3ccc(C4(c5ccccc5)c5ccccc5-c5ccc(Br)cc54)cc3)c3ccc(C4(c5ccccc5)c5ccccc5-c5ccc(Br)cc54)cc3)cc1)c1ccccc1-2. The lowest BCUT2D eigenvalue weighted by molar-refractivity contribution is 0.767. The molecule has 12 aromatic carbocycles. The summed E-state index contributed by atoms with van der Waals surface area (Å²) in [6, 6.07) is 109. The molecule has 0 fully saturated rings. The highest BCUT2D eigenvalue weighted by Crippen LogP contribution is 2.60. The van der Waals surface area contributed by atoms with Gasteiger partial charge in [-0.1, -0.05) is 266 Å². The fourth-order valence-corrected chi connectivity index (χ4v) is 15.3. The Morgan fingerprint density at radius 3 is 0.709 bits per heavy atom. The molecule has 15 rings (SSSR count). The molecule has 0 aliphatic heterocycles. The predicted molar refractivity (Wildman–Crippen MR) is 336 cm³/mol. The minimum Gasteiger partial charge on any atom is -0.311 e. The standard InChI is InChI=1S/C75H48Br3N/c76-55-34-43-64-61-22-10-13-25-67(61)73(70(64)46-55,49-16-4-1-5-17-49)52-28-37-58(38-29-52)79(59-39-30-53(31-40-59)74(50-18-6-2-7-19-50)68-26-14-11-23-62(68)65-44-35-56(77)47-71(65)74)60-41-32-54(33-42-60)75(51-20-8-3-9-21-51)69-27-15-12-24-63(69)66-45-36-57(78)48-72(66)75/h1-48H. The molecule has 0 saturated carbocycles. The van der Waals surface area contributed by atoms with Crippen LogP contribution >= 0.6 is 47.8 Å². The molecule has 79 heavy (non-hydrogen) atoms. The summed E-state index contributed by atoms with van der Waals surface area (Å²) in [7, 11) is 0. The van der Waals surface area contributed by atoms with E-state index in [0.29, 0.717) is 0 Å². The van der Waals surface area contributed by atoms with Crippen molar-refractivity contribution in [1.82, 2.24) is 0 Å². The van der Waals surface area contributed by atoms with E-state index in [9.17, 15) is 0 Å². The Morgan fingerprint density at radius 1 is 0.203 bits per heavy atom. The van der Waals surface area contributed by atoms with Crippen molar-refractivity contribution in [3.63, 3.8) is 0 Å². The largest absolute Gasteiger partial charge is 0.311 e. The first kappa shape index (κ1) is 48.0. The van der Waals surface area contributed by atoms with Crippen LogP contribution in [0, 0.1) is 0 Å². The Balaban J connectivity index is 0.931. The molecule has 0 bridgehead atoms. The fourth-order valence-electron chi connectivity index (χ4n) is 14.2. The van der Waals surface area contributed by atoms with Crippen molar-refractivity contribution >= 4 is 64.9 Å². The van der Waals surface area contributed by atoms with E-state index in [2.05, 4.69) is 344 Å². The number of nitrogens with zero attached hydrogens (tertiary/aromatic N) is 1. The molecule has 3 aliphatic carbocycles. The zero-order chi connectivity index (χ0) is 52.9.